The van der Waals surface area contributed by atoms with Crippen LogP contribution in [0.25, 0.3) is 0 Å². The third-order valence-electron chi connectivity index (χ3n) is 4.57. The van der Waals surface area contributed by atoms with Crippen LogP contribution in [0.15, 0.2) is 24.3 Å². The molecule has 1 atom stereocenters. The zero-order valence-electron chi connectivity index (χ0n) is 11.7. The van der Waals surface area contributed by atoms with Gasteiger partial charge in [0.15, 0.2) is 0 Å². The molecule has 3 N–H and O–H groups in total. The molecule has 100 valence electrons. The van der Waals surface area contributed by atoms with Gasteiger partial charge in [-0.2, -0.15) is 0 Å². The van der Waals surface area contributed by atoms with Crippen molar-refractivity contribution in [1.29, 1.82) is 0 Å². The third kappa shape index (κ3) is 3.05. The molecule has 0 aromatic heterocycles. The molecule has 0 radical (unpaired) electrons. The van der Waals surface area contributed by atoms with Gasteiger partial charge in [0.1, 0.15) is 0 Å². The van der Waals surface area contributed by atoms with Crippen LogP contribution in [-0.4, -0.2) is 12.1 Å². The molecule has 1 unspecified atom stereocenters. The lowest BCUT2D eigenvalue weighted by molar-refractivity contribution is 0.176. The van der Waals surface area contributed by atoms with Gasteiger partial charge in [-0.1, -0.05) is 26.0 Å². The first-order valence-corrected chi connectivity index (χ1v) is 7.26. The molecule has 0 aliphatic heterocycles. The van der Waals surface area contributed by atoms with E-state index in [4.69, 9.17) is 5.73 Å². The summed E-state index contributed by atoms with van der Waals surface area (Å²) < 4.78 is 0. The molecule has 0 bridgehead atoms. The van der Waals surface area contributed by atoms with Gasteiger partial charge in [0, 0.05) is 11.2 Å². The van der Waals surface area contributed by atoms with Crippen molar-refractivity contribution in [1.82, 2.24) is 5.32 Å². The number of nitrogens with one attached hydrogen (secondary N) is 1. The normalized spacial score (nSPS) is 19.2. The Hall–Kier alpha value is -1.02. The highest BCUT2D eigenvalue weighted by Gasteiger charge is 2.33. The van der Waals surface area contributed by atoms with Crippen molar-refractivity contribution in [2.24, 2.45) is 0 Å². The molecule has 0 heterocycles. The van der Waals surface area contributed by atoms with Crippen molar-refractivity contribution in [3.05, 3.63) is 29.8 Å². The van der Waals surface area contributed by atoms with E-state index in [1.165, 1.54) is 37.7 Å². The second-order valence-corrected chi connectivity index (χ2v) is 5.77. The fourth-order valence-electron chi connectivity index (χ4n) is 2.80. The van der Waals surface area contributed by atoms with Crippen molar-refractivity contribution in [3.63, 3.8) is 0 Å². The van der Waals surface area contributed by atoms with Crippen LogP contribution < -0.4 is 11.1 Å². The number of anilines is 1. The Morgan fingerprint density at radius 3 is 2.44 bits per heavy atom. The summed E-state index contributed by atoms with van der Waals surface area (Å²) in [5.41, 5.74) is 8.43. The lowest BCUT2D eigenvalue weighted by Crippen LogP contribution is -2.50. The molecular weight excluding hydrogens is 220 g/mol. The zero-order chi connectivity index (χ0) is 13.0. The molecule has 2 nitrogen and oxygen atoms in total. The van der Waals surface area contributed by atoms with E-state index in [1.807, 2.05) is 12.1 Å². The molecule has 1 aromatic carbocycles. The van der Waals surface area contributed by atoms with Gasteiger partial charge < -0.3 is 11.1 Å². The number of benzene rings is 1. The van der Waals surface area contributed by atoms with E-state index in [9.17, 15) is 0 Å². The zero-order valence-corrected chi connectivity index (χ0v) is 11.7. The molecule has 2 heteroatoms. The molecule has 0 spiro atoms. The molecule has 1 aliphatic rings. The number of hydrogen-bond acceptors (Lipinski definition) is 2. The minimum atomic E-state index is 0.473. The highest BCUT2D eigenvalue weighted by atomic mass is 15.0. The molecule has 1 fully saturated rings. The Balaban J connectivity index is 1.78. The van der Waals surface area contributed by atoms with E-state index < -0.39 is 0 Å². The molecule has 1 aromatic rings. The molecule has 1 saturated carbocycles. The van der Waals surface area contributed by atoms with Crippen LogP contribution in [0.3, 0.4) is 0 Å². The highest BCUT2D eigenvalue weighted by Crippen LogP contribution is 2.34. The summed E-state index contributed by atoms with van der Waals surface area (Å²) in [6, 6.07) is 8.30. The molecular formula is C16H26N2. The van der Waals surface area contributed by atoms with E-state index >= 15 is 0 Å². The van der Waals surface area contributed by atoms with Crippen molar-refractivity contribution in [2.75, 3.05) is 12.3 Å². The van der Waals surface area contributed by atoms with Gasteiger partial charge in [0.05, 0.1) is 0 Å². The van der Waals surface area contributed by atoms with Crippen LogP contribution >= 0.6 is 0 Å². The van der Waals surface area contributed by atoms with Crippen molar-refractivity contribution in [3.8, 4) is 0 Å². The van der Waals surface area contributed by atoms with Gasteiger partial charge >= 0.3 is 0 Å². The van der Waals surface area contributed by atoms with Gasteiger partial charge in [-0.05, 0) is 62.3 Å². The van der Waals surface area contributed by atoms with Gasteiger partial charge in [-0.25, -0.2) is 0 Å². The second kappa shape index (κ2) is 5.75. The molecule has 0 amide bonds. The Morgan fingerprint density at radius 1 is 1.28 bits per heavy atom. The van der Waals surface area contributed by atoms with E-state index in [0.29, 0.717) is 11.5 Å². The van der Waals surface area contributed by atoms with Gasteiger partial charge in [0.25, 0.3) is 0 Å². The predicted molar refractivity (Wildman–Crippen MR) is 78.8 cm³/mol. The predicted octanol–water partition coefficient (Wildman–Crippen LogP) is 3.68. The maximum Gasteiger partial charge on any atom is 0.0314 e. The lowest BCUT2D eigenvalue weighted by atomic mass is 9.75. The average Bonchev–Trinajstić information content (AvgIpc) is 2.33. The fraction of sp³-hybridized carbons (Fsp3) is 0.625. The quantitative estimate of drug-likeness (QED) is 0.751. The number of nitrogens with two attached hydrogens (primary N) is 1. The molecule has 2 rings (SSSR count). The van der Waals surface area contributed by atoms with Gasteiger partial charge in [-0.15, -0.1) is 0 Å². The minimum Gasteiger partial charge on any atom is -0.399 e. The Kier molecular flexibility index (Phi) is 4.28. The van der Waals surface area contributed by atoms with E-state index in [2.05, 4.69) is 31.3 Å². The minimum absolute atomic E-state index is 0.473. The largest absolute Gasteiger partial charge is 0.399 e. The smallest absolute Gasteiger partial charge is 0.0314 e. The van der Waals surface area contributed by atoms with Crippen molar-refractivity contribution >= 4 is 5.69 Å². The van der Waals surface area contributed by atoms with Crippen molar-refractivity contribution in [2.45, 2.75) is 57.4 Å². The highest BCUT2D eigenvalue weighted by molar-refractivity contribution is 5.40. The van der Waals surface area contributed by atoms with E-state index in [-0.39, 0.29) is 0 Å². The first-order chi connectivity index (χ1) is 8.65. The summed E-state index contributed by atoms with van der Waals surface area (Å²) >= 11 is 0. The molecule has 1 aliphatic carbocycles. The van der Waals surface area contributed by atoms with E-state index in [0.717, 1.165) is 12.2 Å². The Bertz CT molecular complexity index is 360. The maximum atomic E-state index is 5.72. The summed E-state index contributed by atoms with van der Waals surface area (Å²) in [6.07, 6.45) is 6.59. The summed E-state index contributed by atoms with van der Waals surface area (Å²) in [5, 5.41) is 3.77. The number of nitrogen functional groups attached to an aromatic ring is 1. The number of rotatable bonds is 6. The van der Waals surface area contributed by atoms with Crippen LogP contribution in [0.2, 0.25) is 0 Å². The van der Waals surface area contributed by atoms with E-state index in [1.54, 1.807) is 0 Å². The standard InChI is InChI=1S/C16H26N2/c1-3-16(10-4-11-16)18-12-9-13(2)14-5-7-15(17)8-6-14/h5-8,13,18H,3-4,9-12,17H2,1-2H3. The van der Waals surface area contributed by atoms with Crippen LogP contribution in [-0.2, 0) is 0 Å². The molecule has 18 heavy (non-hydrogen) atoms. The first kappa shape index (κ1) is 13.4. The topological polar surface area (TPSA) is 38.0 Å². The summed E-state index contributed by atoms with van der Waals surface area (Å²) in [6.45, 7) is 5.72. The summed E-state index contributed by atoms with van der Waals surface area (Å²) in [5.74, 6) is 0.604. The molecule has 0 saturated heterocycles. The summed E-state index contributed by atoms with van der Waals surface area (Å²) in [7, 11) is 0. The van der Waals surface area contributed by atoms with Gasteiger partial charge in [0.2, 0.25) is 0 Å². The summed E-state index contributed by atoms with van der Waals surface area (Å²) in [4.78, 5) is 0. The fourth-order valence-corrected chi connectivity index (χ4v) is 2.80. The Labute approximate surface area is 111 Å². The lowest BCUT2D eigenvalue weighted by Gasteiger charge is -2.42. The van der Waals surface area contributed by atoms with Crippen LogP contribution in [0.1, 0.15) is 57.4 Å². The number of hydrogen-bond donors (Lipinski definition) is 2. The van der Waals surface area contributed by atoms with Crippen LogP contribution in [0.4, 0.5) is 5.69 Å². The Morgan fingerprint density at radius 2 is 1.94 bits per heavy atom. The second-order valence-electron chi connectivity index (χ2n) is 5.77. The maximum absolute atomic E-state index is 5.72. The first-order valence-electron chi connectivity index (χ1n) is 7.26. The SMILES string of the molecule is CCC1(NCCC(C)c2ccc(N)cc2)CCC1. The third-order valence-corrected chi connectivity index (χ3v) is 4.57. The average molecular weight is 246 g/mol. The van der Waals surface area contributed by atoms with Crippen LogP contribution in [0.5, 0.6) is 0 Å². The monoisotopic (exact) mass is 246 g/mol. The van der Waals surface area contributed by atoms with Crippen LogP contribution in [0, 0.1) is 0 Å². The van der Waals surface area contributed by atoms with Crippen molar-refractivity contribution < 1.29 is 0 Å². The van der Waals surface area contributed by atoms with Gasteiger partial charge in [-0.3, -0.25) is 0 Å².